The van der Waals surface area contributed by atoms with E-state index in [1.54, 1.807) is 48.9 Å². The summed E-state index contributed by atoms with van der Waals surface area (Å²) in [6.45, 7) is 2.12. The summed E-state index contributed by atoms with van der Waals surface area (Å²) in [6.07, 6.45) is 3.19. The van der Waals surface area contributed by atoms with Crippen molar-refractivity contribution in [1.82, 2.24) is 9.71 Å². The average Bonchev–Trinajstić information content (AvgIpc) is 3.28. The van der Waals surface area contributed by atoms with Crippen molar-refractivity contribution in [3.63, 3.8) is 0 Å². The summed E-state index contributed by atoms with van der Waals surface area (Å²) in [4.78, 5) is 4.42. The fourth-order valence-electron chi connectivity index (χ4n) is 2.91. The normalized spacial score (nSPS) is 11.4. The summed E-state index contributed by atoms with van der Waals surface area (Å²) < 4.78 is 39.0. The number of aryl methyl sites for hydroxylation is 1. The van der Waals surface area contributed by atoms with Crippen LogP contribution in [0.15, 0.2) is 94.6 Å². The molecule has 2 aromatic carbocycles. The van der Waals surface area contributed by atoms with Crippen LogP contribution >= 0.6 is 0 Å². The molecule has 0 bridgehead atoms. The molecule has 0 fully saturated rings. The lowest BCUT2D eigenvalue weighted by atomic mass is 10.2. The number of nitrogens with zero attached hydrogens (tertiary/aromatic N) is 1. The molecule has 0 aliphatic rings. The lowest BCUT2D eigenvalue weighted by Gasteiger charge is -2.09. The van der Waals surface area contributed by atoms with Gasteiger partial charge in [0.05, 0.1) is 11.2 Å². The van der Waals surface area contributed by atoms with Gasteiger partial charge in [0.1, 0.15) is 17.2 Å². The molecule has 0 saturated heterocycles. The lowest BCUT2D eigenvalue weighted by molar-refractivity contribution is 0.481. The molecule has 4 rings (SSSR count). The van der Waals surface area contributed by atoms with E-state index in [0.717, 1.165) is 11.1 Å². The Kier molecular flexibility index (Phi) is 5.65. The number of benzene rings is 2. The van der Waals surface area contributed by atoms with Gasteiger partial charge in [0.2, 0.25) is 10.0 Å². The van der Waals surface area contributed by atoms with Crippen molar-refractivity contribution in [2.75, 3.05) is 0 Å². The predicted octanol–water partition coefficient (Wildman–Crippen LogP) is 4.92. The molecular weight excluding hydrogens is 400 g/mol. The SMILES string of the molecule is Cc1cccc(Oc2ccc(S(=O)(=O)NCc3ccnc(-c4ccco4)c3)cc2)c1. The summed E-state index contributed by atoms with van der Waals surface area (Å²) in [5, 5.41) is 0. The molecule has 7 heteroatoms. The second-order valence-electron chi connectivity index (χ2n) is 6.74. The van der Waals surface area contributed by atoms with Gasteiger partial charge in [-0.1, -0.05) is 12.1 Å². The molecule has 0 spiro atoms. The maximum atomic E-state index is 12.6. The van der Waals surface area contributed by atoms with Crippen molar-refractivity contribution in [2.24, 2.45) is 0 Å². The number of hydrogen-bond donors (Lipinski definition) is 1. The Bertz CT molecular complexity index is 1230. The highest BCUT2D eigenvalue weighted by atomic mass is 32.2. The summed E-state index contributed by atoms with van der Waals surface area (Å²) in [7, 11) is -3.67. The Morgan fingerprint density at radius 2 is 1.80 bits per heavy atom. The Morgan fingerprint density at radius 3 is 2.53 bits per heavy atom. The number of pyridine rings is 1. The van der Waals surface area contributed by atoms with Crippen molar-refractivity contribution in [2.45, 2.75) is 18.4 Å². The number of hydrogen-bond acceptors (Lipinski definition) is 5. The molecule has 0 radical (unpaired) electrons. The summed E-state index contributed by atoms with van der Waals surface area (Å²) in [6, 6.07) is 21.1. The van der Waals surface area contributed by atoms with Crippen LogP contribution in [0.3, 0.4) is 0 Å². The van der Waals surface area contributed by atoms with Crippen LogP contribution < -0.4 is 9.46 Å². The van der Waals surface area contributed by atoms with Crippen LogP contribution in [-0.2, 0) is 16.6 Å². The molecule has 0 saturated carbocycles. The van der Waals surface area contributed by atoms with Crippen molar-refractivity contribution < 1.29 is 17.6 Å². The van der Waals surface area contributed by atoms with Crippen LogP contribution in [-0.4, -0.2) is 13.4 Å². The van der Waals surface area contributed by atoms with Gasteiger partial charge in [-0.25, -0.2) is 13.1 Å². The van der Waals surface area contributed by atoms with E-state index in [0.29, 0.717) is 23.0 Å². The third-order valence-electron chi connectivity index (χ3n) is 4.42. The van der Waals surface area contributed by atoms with Gasteiger partial charge in [-0.3, -0.25) is 4.98 Å². The van der Waals surface area contributed by atoms with Gasteiger partial charge in [-0.05, 0) is 78.7 Å². The van der Waals surface area contributed by atoms with Crippen LogP contribution in [0.5, 0.6) is 11.5 Å². The molecule has 0 atom stereocenters. The van der Waals surface area contributed by atoms with Crippen LogP contribution in [0, 0.1) is 6.92 Å². The highest BCUT2D eigenvalue weighted by Gasteiger charge is 2.14. The molecule has 2 heterocycles. The van der Waals surface area contributed by atoms with E-state index >= 15 is 0 Å². The monoisotopic (exact) mass is 420 g/mol. The number of sulfonamides is 1. The predicted molar refractivity (Wildman–Crippen MR) is 114 cm³/mol. The van der Waals surface area contributed by atoms with E-state index in [1.165, 1.54) is 12.1 Å². The highest BCUT2D eigenvalue weighted by molar-refractivity contribution is 7.89. The Labute approximate surface area is 175 Å². The molecule has 0 unspecified atom stereocenters. The first kappa shape index (κ1) is 19.9. The summed E-state index contributed by atoms with van der Waals surface area (Å²) in [5.74, 6) is 1.90. The molecule has 0 aliphatic carbocycles. The smallest absolute Gasteiger partial charge is 0.240 e. The first-order chi connectivity index (χ1) is 14.5. The third-order valence-corrected chi connectivity index (χ3v) is 5.84. The van der Waals surface area contributed by atoms with E-state index in [9.17, 15) is 8.42 Å². The zero-order valence-electron chi connectivity index (χ0n) is 16.3. The minimum atomic E-state index is -3.67. The fourth-order valence-corrected chi connectivity index (χ4v) is 3.92. The second-order valence-corrected chi connectivity index (χ2v) is 8.51. The van der Waals surface area contributed by atoms with E-state index < -0.39 is 10.0 Å². The van der Waals surface area contributed by atoms with Crippen molar-refractivity contribution >= 4 is 10.0 Å². The van der Waals surface area contributed by atoms with Gasteiger partial charge < -0.3 is 9.15 Å². The van der Waals surface area contributed by atoms with Gasteiger partial charge in [0.25, 0.3) is 0 Å². The number of aromatic nitrogens is 1. The maximum absolute atomic E-state index is 12.6. The molecule has 30 heavy (non-hydrogen) atoms. The van der Waals surface area contributed by atoms with E-state index in [4.69, 9.17) is 9.15 Å². The first-order valence-electron chi connectivity index (χ1n) is 9.33. The van der Waals surface area contributed by atoms with Crippen LogP contribution in [0.4, 0.5) is 0 Å². The zero-order chi connectivity index (χ0) is 21.0. The van der Waals surface area contributed by atoms with E-state index in [-0.39, 0.29) is 11.4 Å². The molecule has 0 amide bonds. The van der Waals surface area contributed by atoms with Crippen molar-refractivity contribution in [3.8, 4) is 23.0 Å². The minimum Gasteiger partial charge on any atom is -0.463 e. The zero-order valence-corrected chi connectivity index (χ0v) is 17.1. The minimum absolute atomic E-state index is 0.139. The van der Waals surface area contributed by atoms with Crippen LogP contribution in [0.1, 0.15) is 11.1 Å². The summed E-state index contributed by atoms with van der Waals surface area (Å²) in [5.41, 5.74) is 2.51. The van der Waals surface area contributed by atoms with Crippen molar-refractivity contribution in [1.29, 1.82) is 0 Å². The molecular formula is C23H20N2O4S. The number of ether oxygens (including phenoxy) is 1. The Morgan fingerprint density at radius 1 is 0.967 bits per heavy atom. The number of rotatable bonds is 7. The van der Waals surface area contributed by atoms with E-state index in [2.05, 4.69) is 9.71 Å². The summed E-state index contributed by atoms with van der Waals surface area (Å²) >= 11 is 0. The molecule has 152 valence electrons. The van der Waals surface area contributed by atoms with Crippen LogP contribution in [0.25, 0.3) is 11.5 Å². The third kappa shape index (κ3) is 4.76. The molecule has 4 aromatic rings. The topological polar surface area (TPSA) is 81.4 Å². The van der Waals surface area contributed by atoms with Crippen LogP contribution in [0.2, 0.25) is 0 Å². The van der Waals surface area contributed by atoms with Gasteiger partial charge in [0, 0.05) is 12.7 Å². The quantitative estimate of drug-likeness (QED) is 0.459. The van der Waals surface area contributed by atoms with Gasteiger partial charge >= 0.3 is 0 Å². The largest absolute Gasteiger partial charge is 0.463 e. The maximum Gasteiger partial charge on any atom is 0.240 e. The highest BCUT2D eigenvalue weighted by Crippen LogP contribution is 2.24. The molecule has 6 nitrogen and oxygen atoms in total. The lowest BCUT2D eigenvalue weighted by Crippen LogP contribution is -2.23. The van der Waals surface area contributed by atoms with E-state index in [1.807, 2.05) is 31.2 Å². The number of furan rings is 1. The second kappa shape index (κ2) is 8.52. The molecule has 1 N–H and O–H groups in total. The van der Waals surface area contributed by atoms with Crippen molar-refractivity contribution in [3.05, 3.63) is 96.4 Å². The molecule has 2 aromatic heterocycles. The average molecular weight is 420 g/mol. The number of nitrogens with one attached hydrogen (secondary N) is 1. The molecule has 0 aliphatic heterocycles. The Hall–Kier alpha value is -3.42. The first-order valence-corrected chi connectivity index (χ1v) is 10.8. The van der Waals surface area contributed by atoms with Gasteiger partial charge in [-0.15, -0.1) is 0 Å². The fraction of sp³-hybridized carbons (Fsp3) is 0.0870. The Balaban J connectivity index is 1.43. The standard InChI is InChI=1S/C23H20N2O4S/c1-17-4-2-5-20(14-17)29-19-7-9-21(10-8-19)30(26,27)25-16-18-11-12-24-22(15-18)23-6-3-13-28-23/h2-15,25H,16H2,1H3. The van der Waals surface area contributed by atoms with Gasteiger partial charge in [-0.2, -0.15) is 0 Å². The van der Waals surface area contributed by atoms with Gasteiger partial charge in [0.15, 0.2) is 5.76 Å².